The Morgan fingerprint density at radius 3 is 2.38 bits per heavy atom. The monoisotopic (exact) mass is 388 g/mol. The highest BCUT2D eigenvalue weighted by Gasteiger charge is 2.21. The summed E-state index contributed by atoms with van der Waals surface area (Å²) < 4.78 is 5.19. The van der Waals surface area contributed by atoms with E-state index >= 15 is 0 Å². The number of carbonyl (C=O) groups is 1. The molecular formula is C25H28N2O2. The van der Waals surface area contributed by atoms with Crippen molar-refractivity contribution in [2.24, 2.45) is 0 Å². The third kappa shape index (κ3) is 4.77. The topological polar surface area (TPSA) is 32.8 Å². The molecule has 1 heterocycles. The van der Waals surface area contributed by atoms with Crippen LogP contribution in [-0.2, 0) is 17.8 Å². The Morgan fingerprint density at radius 2 is 1.62 bits per heavy atom. The number of benzene rings is 3. The van der Waals surface area contributed by atoms with Gasteiger partial charge in [-0.1, -0.05) is 54.6 Å². The number of piperazine rings is 1. The first-order chi connectivity index (χ1) is 14.2. The number of ether oxygens (including phenoxy) is 1. The Balaban J connectivity index is 1.28. The minimum Gasteiger partial charge on any atom is -0.497 e. The van der Waals surface area contributed by atoms with E-state index in [1.54, 1.807) is 7.11 Å². The first kappa shape index (κ1) is 19.5. The van der Waals surface area contributed by atoms with Crippen molar-refractivity contribution in [1.82, 2.24) is 9.80 Å². The summed E-state index contributed by atoms with van der Waals surface area (Å²) in [7, 11) is 1.67. The fourth-order valence-corrected chi connectivity index (χ4v) is 4.03. The molecule has 1 aliphatic rings. The van der Waals surface area contributed by atoms with Crippen molar-refractivity contribution < 1.29 is 9.53 Å². The molecule has 150 valence electrons. The highest BCUT2D eigenvalue weighted by Crippen LogP contribution is 2.21. The van der Waals surface area contributed by atoms with Crippen molar-refractivity contribution in [1.29, 1.82) is 0 Å². The van der Waals surface area contributed by atoms with Crippen LogP contribution in [0.15, 0.2) is 66.7 Å². The Labute approximate surface area is 172 Å². The van der Waals surface area contributed by atoms with Crippen molar-refractivity contribution in [2.75, 3.05) is 33.3 Å². The second kappa shape index (κ2) is 9.10. The zero-order valence-electron chi connectivity index (χ0n) is 17.0. The molecule has 3 aromatic carbocycles. The van der Waals surface area contributed by atoms with Gasteiger partial charge < -0.3 is 9.64 Å². The first-order valence-electron chi connectivity index (χ1n) is 10.3. The predicted octanol–water partition coefficient (Wildman–Crippen LogP) is 4.13. The van der Waals surface area contributed by atoms with Crippen LogP contribution in [0.2, 0.25) is 0 Å². The van der Waals surface area contributed by atoms with Crippen LogP contribution in [0.3, 0.4) is 0 Å². The van der Waals surface area contributed by atoms with E-state index in [-0.39, 0.29) is 5.91 Å². The summed E-state index contributed by atoms with van der Waals surface area (Å²) in [5.74, 6) is 1.10. The summed E-state index contributed by atoms with van der Waals surface area (Å²) in [5, 5.41) is 2.62. The van der Waals surface area contributed by atoms with E-state index < -0.39 is 0 Å². The lowest BCUT2D eigenvalue weighted by Crippen LogP contribution is -2.48. The van der Waals surface area contributed by atoms with Gasteiger partial charge in [-0.2, -0.15) is 0 Å². The van der Waals surface area contributed by atoms with Gasteiger partial charge in [0, 0.05) is 39.1 Å². The third-order valence-electron chi connectivity index (χ3n) is 5.79. The number of aryl methyl sites for hydroxylation is 1. The molecule has 0 spiro atoms. The number of fused-ring (bicyclic) bond motifs is 1. The molecule has 0 aromatic heterocycles. The van der Waals surface area contributed by atoms with Gasteiger partial charge in [0.15, 0.2) is 0 Å². The summed E-state index contributed by atoms with van der Waals surface area (Å²) in [4.78, 5) is 17.1. The highest BCUT2D eigenvalue weighted by atomic mass is 16.5. The number of methoxy groups -OCH3 is 1. The Kier molecular flexibility index (Phi) is 6.11. The van der Waals surface area contributed by atoms with Gasteiger partial charge in [-0.25, -0.2) is 0 Å². The third-order valence-corrected chi connectivity index (χ3v) is 5.79. The van der Waals surface area contributed by atoms with Crippen molar-refractivity contribution in [3.05, 3.63) is 77.9 Å². The summed E-state index contributed by atoms with van der Waals surface area (Å²) >= 11 is 0. The molecule has 1 amide bonds. The molecule has 1 saturated heterocycles. The Morgan fingerprint density at radius 1 is 0.897 bits per heavy atom. The fraction of sp³-hybridized carbons (Fsp3) is 0.320. The molecule has 0 aliphatic carbocycles. The van der Waals surface area contributed by atoms with E-state index in [4.69, 9.17) is 4.74 Å². The predicted molar refractivity (Wildman–Crippen MR) is 117 cm³/mol. The van der Waals surface area contributed by atoms with Crippen LogP contribution < -0.4 is 4.74 Å². The molecule has 0 atom stereocenters. The van der Waals surface area contributed by atoms with Gasteiger partial charge in [-0.15, -0.1) is 0 Å². The summed E-state index contributed by atoms with van der Waals surface area (Å²) in [5.41, 5.74) is 2.54. The molecule has 4 nitrogen and oxygen atoms in total. The largest absolute Gasteiger partial charge is 0.497 e. The Bertz CT molecular complexity index is 955. The molecule has 3 aromatic rings. The first-order valence-corrected chi connectivity index (χ1v) is 10.3. The van der Waals surface area contributed by atoms with Crippen LogP contribution in [0, 0.1) is 0 Å². The van der Waals surface area contributed by atoms with E-state index in [1.807, 2.05) is 29.2 Å². The summed E-state index contributed by atoms with van der Waals surface area (Å²) in [6, 6.07) is 23.0. The Hall–Kier alpha value is -2.85. The molecule has 1 aliphatic heterocycles. The second-order valence-corrected chi connectivity index (χ2v) is 7.64. The van der Waals surface area contributed by atoms with Crippen LogP contribution in [0.4, 0.5) is 0 Å². The van der Waals surface area contributed by atoms with E-state index in [0.29, 0.717) is 6.42 Å². The van der Waals surface area contributed by atoms with Gasteiger partial charge >= 0.3 is 0 Å². The van der Waals surface area contributed by atoms with E-state index in [2.05, 4.69) is 47.4 Å². The molecule has 0 radical (unpaired) electrons. The minimum absolute atomic E-state index is 0.255. The van der Waals surface area contributed by atoms with Gasteiger partial charge in [-0.3, -0.25) is 9.69 Å². The van der Waals surface area contributed by atoms with E-state index in [9.17, 15) is 4.79 Å². The van der Waals surface area contributed by atoms with Crippen molar-refractivity contribution in [3.8, 4) is 5.75 Å². The van der Waals surface area contributed by atoms with Crippen LogP contribution in [0.25, 0.3) is 10.8 Å². The number of rotatable bonds is 6. The van der Waals surface area contributed by atoms with Crippen LogP contribution >= 0.6 is 0 Å². The number of nitrogens with zero attached hydrogens (tertiary/aromatic N) is 2. The molecule has 0 saturated carbocycles. The normalized spacial score (nSPS) is 14.9. The average molecular weight is 389 g/mol. The lowest BCUT2D eigenvalue weighted by Gasteiger charge is -2.35. The molecule has 0 N–H and O–H groups in total. The molecule has 29 heavy (non-hydrogen) atoms. The fourth-order valence-electron chi connectivity index (χ4n) is 4.03. The van der Waals surface area contributed by atoms with Gasteiger partial charge in [-0.05, 0) is 40.5 Å². The summed E-state index contributed by atoms with van der Waals surface area (Å²) in [6.07, 6.45) is 1.34. The quantitative estimate of drug-likeness (QED) is 0.637. The van der Waals surface area contributed by atoms with Gasteiger partial charge in [0.05, 0.1) is 7.11 Å². The lowest BCUT2D eigenvalue weighted by molar-refractivity contribution is -0.133. The SMILES string of the molecule is COc1ccc(CCC(=O)N2CCN(Cc3cccc4ccccc34)CC2)cc1. The number of amides is 1. The van der Waals surface area contributed by atoms with Crippen LogP contribution in [0.1, 0.15) is 17.5 Å². The zero-order valence-corrected chi connectivity index (χ0v) is 17.0. The molecule has 0 bridgehead atoms. The average Bonchev–Trinajstić information content (AvgIpc) is 2.78. The van der Waals surface area contributed by atoms with Crippen LogP contribution in [-0.4, -0.2) is 49.0 Å². The van der Waals surface area contributed by atoms with E-state index in [1.165, 1.54) is 21.9 Å². The molecule has 4 rings (SSSR count). The zero-order chi connectivity index (χ0) is 20.1. The maximum atomic E-state index is 12.6. The maximum Gasteiger partial charge on any atom is 0.222 e. The van der Waals surface area contributed by atoms with E-state index in [0.717, 1.165) is 44.9 Å². The highest BCUT2D eigenvalue weighted by molar-refractivity contribution is 5.85. The van der Waals surface area contributed by atoms with Crippen molar-refractivity contribution in [2.45, 2.75) is 19.4 Å². The van der Waals surface area contributed by atoms with Crippen molar-refractivity contribution in [3.63, 3.8) is 0 Å². The second-order valence-electron chi connectivity index (χ2n) is 7.64. The standard InChI is InChI=1S/C25H28N2O2/c1-29-23-12-9-20(10-13-23)11-14-25(28)27-17-15-26(16-18-27)19-22-7-4-6-21-5-2-3-8-24(21)22/h2-10,12-13H,11,14-19H2,1H3. The summed E-state index contributed by atoms with van der Waals surface area (Å²) in [6.45, 7) is 4.42. The molecule has 0 unspecified atom stereocenters. The molecular weight excluding hydrogens is 360 g/mol. The smallest absolute Gasteiger partial charge is 0.222 e. The van der Waals surface area contributed by atoms with Gasteiger partial charge in [0.25, 0.3) is 0 Å². The van der Waals surface area contributed by atoms with Gasteiger partial charge in [0.1, 0.15) is 5.75 Å². The lowest BCUT2D eigenvalue weighted by atomic mass is 10.0. The van der Waals surface area contributed by atoms with Gasteiger partial charge in [0.2, 0.25) is 5.91 Å². The molecule has 1 fully saturated rings. The number of hydrogen-bond acceptors (Lipinski definition) is 3. The number of carbonyl (C=O) groups excluding carboxylic acids is 1. The molecule has 4 heteroatoms. The number of hydrogen-bond donors (Lipinski definition) is 0. The maximum absolute atomic E-state index is 12.6. The minimum atomic E-state index is 0.255. The van der Waals surface area contributed by atoms with Crippen molar-refractivity contribution >= 4 is 16.7 Å². The van der Waals surface area contributed by atoms with Crippen LogP contribution in [0.5, 0.6) is 5.75 Å².